The van der Waals surface area contributed by atoms with Crippen LogP contribution >= 0.6 is 0 Å². The van der Waals surface area contributed by atoms with Crippen molar-refractivity contribution in [1.29, 1.82) is 0 Å². The third-order valence-corrected chi connectivity index (χ3v) is 7.77. The maximum atomic E-state index is 13.8. The maximum Gasteiger partial charge on any atom is 0.263 e. The molecule has 37 heavy (non-hydrogen) atoms. The average Bonchev–Trinajstić information content (AvgIpc) is 3.39. The van der Waals surface area contributed by atoms with Crippen molar-refractivity contribution in [1.82, 2.24) is 10.1 Å². The third-order valence-electron chi connectivity index (χ3n) is 6.42. The molecule has 0 fully saturated rings. The molecular formula is C27H24FN3O5S. The van der Waals surface area contributed by atoms with Crippen molar-refractivity contribution < 1.29 is 26.9 Å². The van der Waals surface area contributed by atoms with Crippen molar-refractivity contribution in [2.24, 2.45) is 0 Å². The quantitative estimate of drug-likeness (QED) is 0.392. The fraction of sp³-hybridized carbons (Fsp3) is 0.185. The number of rotatable bonds is 6. The molecule has 8 nitrogen and oxygen atoms in total. The number of hydrogen-bond acceptors (Lipinski definition) is 6. The molecule has 0 radical (unpaired) electrons. The molecule has 2 heterocycles. The number of halogens is 1. The molecule has 3 aromatic carbocycles. The lowest BCUT2D eigenvalue weighted by molar-refractivity contribution is -0.130. The Morgan fingerprint density at radius 1 is 1.08 bits per heavy atom. The number of sulfonamides is 1. The van der Waals surface area contributed by atoms with Crippen LogP contribution in [-0.4, -0.2) is 38.0 Å². The fourth-order valence-electron chi connectivity index (χ4n) is 4.69. The van der Waals surface area contributed by atoms with Crippen LogP contribution in [0.2, 0.25) is 0 Å². The monoisotopic (exact) mass is 521 g/mol. The van der Waals surface area contributed by atoms with Gasteiger partial charge in [0.05, 0.1) is 18.0 Å². The fourth-order valence-corrected chi connectivity index (χ4v) is 5.73. The summed E-state index contributed by atoms with van der Waals surface area (Å²) in [6, 6.07) is 17.6. The summed E-state index contributed by atoms with van der Waals surface area (Å²) in [6.07, 6.45) is 1.76. The highest BCUT2D eigenvalue weighted by Gasteiger charge is 2.33. The van der Waals surface area contributed by atoms with E-state index >= 15 is 0 Å². The van der Waals surface area contributed by atoms with Gasteiger partial charge >= 0.3 is 0 Å². The first kappa shape index (κ1) is 24.5. The summed E-state index contributed by atoms with van der Waals surface area (Å²) in [4.78, 5) is 14.5. The molecule has 1 aliphatic rings. The van der Waals surface area contributed by atoms with E-state index in [1.807, 2.05) is 24.3 Å². The number of methoxy groups -OCH3 is 1. The van der Waals surface area contributed by atoms with Gasteiger partial charge in [-0.3, -0.25) is 9.52 Å². The Labute approximate surface area is 213 Å². The lowest BCUT2D eigenvalue weighted by atomic mass is 9.87. The Morgan fingerprint density at radius 3 is 2.57 bits per heavy atom. The molecule has 1 aromatic heterocycles. The Kier molecular flexibility index (Phi) is 6.43. The number of nitrogens with zero attached hydrogens (tertiary/aromatic N) is 2. The van der Waals surface area contributed by atoms with Gasteiger partial charge in [-0.2, -0.15) is 0 Å². The normalized spacial score (nSPS) is 15.2. The van der Waals surface area contributed by atoms with E-state index in [1.54, 1.807) is 30.2 Å². The molecule has 1 N–H and O–H groups in total. The summed E-state index contributed by atoms with van der Waals surface area (Å²) in [5, 5.41) is 3.60. The summed E-state index contributed by atoms with van der Waals surface area (Å²) in [5.74, 6) is 0.168. The molecule has 0 aliphatic carbocycles. The van der Waals surface area contributed by atoms with Gasteiger partial charge in [-0.15, -0.1) is 0 Å². The van der Waals surface area contributed by atoms with Gasteiger partial charge in [0.25, 0.3) is 10.0 Å². The van der Waals surface area contributed by atoms with Crippen LogP contribution in [0.1, 0.15) is 29.7 Å². The molecule has 1 amide bonds. The Bertz CT molecular complexity index is 1570. The second-order valence-corrected chi connectivity index (χ2v) is 10.4. The predicted octanol–water partition coefficient (Wildman–Crippen LogP) is 4.78. The van der Waals surface area contributed by atoms with Crippen molar-refractivity contribution in [3.05, 3.63) is 95.5 Å². The van der Waals surface area contributed by atoms with E-state index in [0.29, 0.717) is 24.3 Å². The Morgan fingerprint density at radius 2 is 1.86 bits per heavy atom. The van der Waals surface area contributed by atoms with Gasteiger partial charge in [0.15, 0.2) is 5.82 Å². The van der Waals surface area contributed by atoms with Crippen LogP contribution in [0.25, 0.3) is 11.1 Å². The van der Waals surface area contributed by atoms with E-state index in [1.165, 1.54) is 37.5 Å². The van der Waals surface area contributed by atoms with Crippen molar-refractivity contribution >= 4 is 21.7 Å². The number of anilines is 1. The van der Waals surface area contributed by atoms with Gasteiger partial charge in [-0.1, -0.05) is 35.5 Å². The first-order valence-electron chi connectivity index (χ1n) is 11.5. The minimum Gasteiger partial charge on any atom is -0.496 e. The third kappa shape index (κ3) is 4.79. The minimum atomic E-state index is -3.89. The first-order chi connectivity index (χ1) is 17.8. The standard InChI is InChI=1S/C27H24FN3O5S/c1-17(32)31-12-10-20-15-22(37(33,34)30-26-11-13-36-29-26)7-9-23(20)27(31)24-8-6-19(16-25(24)35-2)18-4-3-5-21(28)14-18/h3-9,11,13-16,27H,10,12H2,1-2H3,(H,29,30). The molecule has 0 spiro atoms. The summed E-state index contributed by atoms with van der Waals surface area (Å²) >= 11 is 0. The molecule has 4 aromatic rings. The van der Waals surface area contributed by atoms with Gasteiger partial charge in [-0.05, 0) is 59.0 Å². The molecule has 0 saturated heterocycles. The molecule has 1 unspecified atom stereocenters. The van der Waals surface area contributed by atoms with Crippen LogP contribution in [-0.2, 0) is 21.2 Å². The van der Waals surface area contributed by atoms with E-state index < -0.39 is 16.1 Å². The second kappa shape index (κ2) is 9.70. The van der Waals surface area contributed by atoms with E-state index in [2.05, 4.69) is 9.88 Å². The number of amides is 1. The molecule has 1 aliphatic heterocycles. The molecule has 190 valence electrons. The topological polar surface area (TPSA) is 102 Å². The first-order valence-corrected chi connectivity index (χ1v) is 13.0. The SMILES string of the molecule is COc1cc(-c2cccc(F)c2)ccc1C1c2ccc(S(=O)(=O)Nc3ccon3)cc2CCN1C(C)=O. The molecule has 5 rings (SSSR count). The zero-order chi connectivity index (χ0) is 26.2. The van der Waals surface area contributed by atoms with Crippen LogP contribution < -0.4 is 9.46 Å². The highest BCUT2D eigenvalue weighted by molar-refractivity contribution is 7.92. The number of aromatic nitrogens is 1. The maximum absolute atomic E-state index is 13.8. The summed E-state index contributed by atoms with van der Waals surface area (Å²) in [7, 11) is -2.35. The molecular weight excluding hydrogens is 497 g/mol. The van der Waals surface area contributed by atoms with Crippen molar-refractivity contribution in [3.8, 4) is 16.9 Å². The molecule has 0 saturated carbocycles. The zero-order valence-electron chi connectivity index (χ0n) is 20.1. The number of ether oxygens (including phenoxy) is 1. The second-order valence-electron chi connectivity index (χ2n) is 8.68. The lowest BCUT2D eigenvalue weighted by Gasteiger charge is -2.38. The molecule has 1 atom stereocenters. The van der Waals surface area contributed by atoms with Crippen LogP contribution in [0.4, 0.5) is 10.2 Å². The number of carbonyl (C=O) groups is 1. The number of nitrogens with one attached hydrogen (secondary N) is 1. The van der Waals surface area contributed by atoms with Gasteiger partial charge in [0.2, 0.25) is 5.91 Å². The molecule has 10 heteroatoms. The van der Waals surface area contributed by atoms with E-state index in [9.17, 15) is 17.6 Å². The van der Waals surface area contributed by atoms with Crippen molar-refractivity contribution in [2.75, 3.05) is 18.4 Å². The number of benzene rings is 3. The minimum absolute atomic E-state index is 0.0812. The van der Waals surface area contributed by atoms with Crippen LogP contribution in [0.5, 0.6) is 5.75 Å². The largest absolute Gasteiger partial charge is 0.496 e. The van der Waals surface area contributed by atoms with E-state index in [0.717, 1.165) is 22.3 Å². The zero-order valence-corrected chi connectivity index (χ0v) is 21.0. The predicted molar refractivity (Wildman–Crippen MR) is 135 cm³/mol. The summed E-state index contributed by atoms with van der Waals surface area (Å²) < 4.78 is 52.4. The van der Waals surface area contributed by atoms with Crippen LogP contribution in [0, 0.1) is 5.82 Å². The van der Waals surface area contributed by atoms with Gasteiger partial charge in [0, 0.05) is 25.1 Å². The van der Waals surface area contributed by atoms with Gasteiger partial charge in [-0.25, -0.2) is 12.8 Å². The highest BCUT2D eigenvalue weighted by atomic mass is 32.2. The summed E-state index contributed by atoms with van der Waals surface area (Å²) in [6.45, 7) is 1.91. The Hall–Kier alpha value is -4.18. The number of hydrogen-bond donors (Lipinski definition) is 1. The smallest absolute Gasteiger partial charge is 0.263 e. The van der Waals surface area contributed by atoms with Crippen molar-refractivity contribution in [2.45, 2.75) is 24.3 Å². The summed E-state index contributed by atoms with van der Waals surface area (Å²) in [5.41, 5.74) is 3.83. The van der Waals surface area contributed by atoms with E-state index in [4.69, 9.17) is 9.26 Å². The number of fused-ring (bicyclic) bond motifs is 1. The van der Waals surface area contributed by atoms with Crippen LogP contribution in [0.15, 0.2) is 82.4 Å². The average molecular weight is 522 g/mol. The van der Waals surface area contributed by atoms with Gasteiger partial charge in [0.1, 0.15) is 17.8 Å². The van der Waals surface area contributed by atoms with Gasteiger partial charge < -0.3 is 14.2 Å². The lowest BCUT2D eigenvalue weighted by Crippen LogP contribution is -2.39. The van der Waals surface area contributed by atoms with E-state index in [-0.39, 0.29) is 22.4 Å². The molecule has 0 bridgehead atoms. The highest BCUT2D eigenvalue weighted by Crippen LogP contribution is 2.41. The Balaban J connectivity index is 1.57. The number of carbonyl (C=O) groups excluding carboxylic acids is 1. The van der Waals surface area contributed by atoms with Crippen molar-refractivity contribution in [3.63, 3.8) is 0 Å². The van der Waals surface area contributed by atoms with Crippen LogP contribution in [0.3, 0.4) is 0 Å².